The standard InChI is InChI=1S/C30H27NO6/c1-35-19-37-30-23(17-32)16-22-9-3-5-12-26(22)29(30)28-25-11-4-2-8-21(25)13-14-27(28)36-18-20-7-6-10-24(15-20)31(33)34/h3-7,9-16,32H,2,8,17-19H2,1H3. The molecule has 5 rings (SSSR count). The number of fused-ring (bicyclic) bond motifs is 2. The van der Waals surface area contributed by atoms with Gasteiger partial charge in [0.1, 0.15) is 18.1 Å². The van der Waals surface area contributed by atoms with Crippen molar-refractivity contribution in [1.29, 1.82) is 0 Å². The Balaban J connectivity index is 1.72. The molecular formula is C30H27NO6. The fourth-order valence-corrected chi connectivity index (χ4v) is 4.83. The molecule has 0 bridgehead atoms. The van der Waals surface area contributed by atoms with Crippen LogP contribution in [0.25, 0.3) is 28.0 Å². The van der Waals surface area contributed by atoms with E-state index in [9.17, 15) is 15.2 Å². The number of rotatable bonds is 9. The van der Waals surface area contributed by atoms with Gasteiger partial charge in [-0.3, -0.25) is 10.1 Å². The van der Waals surface area contributed by atoms with Crippen molar-refractivity contribution in [3.05, 3.63) is 105 Å². The molecule has 7 nitrogen and oxygen atoms in total. The van der Waals surface area contributed by atoms with Gasteiger partial charge in [-0.05, 0) is 52.4 Å². The molecule has 0 radical (unpaired) electrons. The predicted molar refractivity (Wildman–Crippen MR) is 143 cm³/mol. The molecule has 37 heavy (non-hydrogen) atoms. The Bertz CT molecular complexity index is 1490. The molecule has 188 valence electrons. The molecule has 0 amide bonds. The minimum Gasteiger partial charge on any atom is -0.488 e. The van der Waals surface area contributed by atoms with Gasteiger partial charge in [0, 0.05) is 35.9 Å². The largest absolute Gasteiger partial charge is 0.488 e. The Labute approximate surface area is 214 Å². The molecular weight excluding hydrogens is 470 g/mol. The van der Waals surface area contributed by atoms with Gasteiger partial charge in [0.2, 0.25) is 0 Å². The van der Waals surface area contributed by atoms with Crippen molar-refractivity contribution in [2.75, 3.05) is 13.9 Å². The summed E-state index contributed by atoms with van der Waals surface area (Å²) in [7, 11) is 1.56. The minimum atomic E-state index is -0.412. The first-order chi connectivity index (χ1) is 18.1. The number of nitrogens with zero attached hydrogens (tertiary/aromatic N) is 1. The van der Waals surface area contributed by atoms with Crippen LogP contribution in [-0.4, -0.2) is 23.9 Å². The van der Waals surface area contributed by atoms with Crippen LogP contribution in [0.15, 0.2) is 72.8 Å². The SMILES string of the molecule is COCOc1c(CO)cc2ccccc2c1-c1c(OCc2cccc([N+](=O)[O-])c2)ccc2c1C=CCC2. The zero-order chi connectivity index (χ0) is 25.8. The third-order valence-electron chi connectivity index (χ3n) is 6.50. The third-order valence-corrected chi connectivity index (χ3v) is 6.50. The third kappa shape index (κ3) is 4.91. The van der Waals surface area contributed by atoms with Crippen molar-refractivity contribution in [3.8, 4) is 22.6 Å². The number of aliphatic hydroxyl groups is 1. The van der Waals surface area contributed by atoms with Crippen LogP contribution >= 0.6 is 0 Å². The molecule has 1 N–H and O–H groups in total. The average Bonchev–Trinajstić information content (AvgIpc) is 2.94. The lowest BCUT2D eigenvalue weighted by atomic mass is 9.86. The predicted octanol–water partition coefficient (Wildman–Crippen LogP) is 6.43. The molecule has 0 unspecified atom stereocenters. The molecule has 0 saturated carbocycles. The monoisotopic (exact) mass is 497 g/mol. The van der Waals surface area contributed by atoms with Crippen LogP contribution < -0.4 is 9.47 Å². The Morgan fingerprint density at radius 2 is 1.86 bits per heavy atom. The van der Waals surface area contributed by atoms with Gasteiger partial charge in [0.15, 0.2) is 6.79 Å². The maximum Gasteiger partial charge on any atom is 0.269 e. The number of nitro benzene ring substituents is 1. The number of aryl methyl sites for hydroxylation is 1. The van der Waals surface area contributed by atoms with Crippen LogP contribution in [0.4, 0.5) is 5.69 Å². The number of hydrogen-bond donors (Lipinski definition) is 1. The Hall–Kier alpha value is -4.20. The lowest BCUT2D eigenvalue weighted by Gasteiger charge is -2.24. The lowest BCUT2D eigenvalue weighted by Crippen LogP contribution is -2.07. The maximum absolute atomic E-state index is 11.2. The summed E-state index contributed by atoms with van der Waals surface area (Å²) in [5.74, 6) is 1.16. The van der Waals surface area contributed by atoms with Crippen molar-refractivity contribution in [1.82, 2.24) is 0 Å². The minimum absolute atomic E-state index is 0.0200. The number of aliphatic hydroxyl groups excluding tert-OH is 1. The number of hydrogen-bond acceptors (Lipinski definition) is 6. The van der Waals surface area contributed by atoms with E-state index in [0.717, 1.165) is 40.3 Å². The second kappa shape index (κ2) is 10.8. The quantitative estimate of drug-likeness (QED) is 0.163. The number of ether oxygens (including phenoxy) is 3. The maximum atomic E-state index is 11.2. The van der Waals surface area contributed by atoms with E-state index >= 15 is 0 Å². The fourth-order valence-electron chi connectivity index (χ4n) is 4.83. The van der Waals surface area contributed by atoms with E-state index in [1.165, 1.54) is 17.7 Å². The second-order valence-corrected chi connectivity index (χ2v) is 8.84. The van der Waals surface area contributed by atoms with Gasteiger partial charge in [-0.1, -0.05) is 54.6 Å². The number of methoxy groups -OCH3 is 1. The van der Waals surface area contributed by atoms with Gasteiger partial charge in [-0.2, -0.15) is 0 Å². The molecule has 7 heteroatoms. The summed E-state index contributed by atoms with van der Waals surface area (Å²) in [5.41, 5.74) is 5.26. The van der Waals surface area contributed by atoms with Crippen molar-refractivity contribution in [2.45, 2.75) is 26.1 Å². The first-order valence-corrected chi connectivity index (χ1v) is 12.1. The summed E-state index contributed by atoms with van der Waals surface area (Å²) in [6.07, 6.45) is 6.10. The van der Waals surface area contributed by atoms with Gasteiger partial charge in [-0.25, -0.2) is 0 Å². The highest BCUT2D eigenvalue weighted by Gasteiger charge is 2.24. The summed E-state index contributed by atoms with van der Waals surface area (Å²) in [4.78, 5) is 10.8. The normalized spacial score (nSPS) is 12.4. The van der Waals surface area contributed by atoms with E-state index in [-0.39, 0.29) is 25.7 Å². The highest BCUT2D eigenvalue weighted by molar-refractivity contribution is 6.04. The van der Waals surface area contributed by atoms with E-state index in [4.69, 9.17) is 14.2 Å². The molecule has 0 aromatic heterocycles. The molecule has 4 aromatic rings. The van der Waals surface area contributed by atoms with Gasteiger partial charge >= 0.3 is 0 Å². The first kappa shape index (κ1) is 24.5. The molecule has 0 fully saturated rings. The molecule has 0 heterocycles. The van der Waals surface area contributed by atoms with Crippen LogP contribution in [0, 0.1) is 10.1 Å². The number of allylic oxidation sites excluding steroid dienone is 1. The van der Waals surface area contributed by atoms with Gasteiger partial charge < -0.3 is 19.3 Å². The summed E-state index contributed by atoms with van der Waals surface area (Å²) in [6, 6.07) is 20.4. The molecule has 1 aliphatic carbocycles. The fraction of sp³-hybridized carbons (Fsp3) is 0.200. The van der Waals surface area contributed by atoms with Gasteiger partial charge in [0.25, 0.3) is 5.69 Å². The molecule has 1 aliphatic rings. The molecule has 0 aliphatic heterocycles. The zero-order valence-electron chi connectivity index (χ0n) is 20.5. The number of nitro groups is 1. The van der Waals surface area contributed by atoms with Gasteiger partial charge in [-0.15, -0.1) is 0 Å². The molecule has 0 saturated heterocycles. The van der Waals surface area contributed by atoms with E-state index < -0.39 is 4.92 Å². The highest BCUT2D eigenvalue weighted by atomic mass is 16.7. The van der Waals surface area contributed by atoms with Crippen molar-refractivity contribution >= 4 is 22.5 Å². The van der Waals surface area contributed by atoms with Crippen molar-refractivity contribution in [3.63, 3.8) is 0 Å². The summed E-state index contributed by atoms with van der Waals surface area (Å²) in [5, 5.41) is 23.4. The van der Waals surface area contributed by atoms with E-state index in [0.29, 0.717) is 22.6 Å². The zero-order valence-corrected chi connectivity index (χ0v) is 20.5. The van der Waals surface area contributed by atoms with Crippen LogP contribution in [0.2, 0.25) is 0 Å². The number of benzene rings is 4. The number of non-ortho nitro benzene ring substituents is 1. The smallest absolute Gasteiger partial charge is 0.269 e. The van der Waals surface area contributed by atoms with Gasteiger partial charge in [0.05, 0.1) is 11.5 Å². The Morgan fingerprint density at radius 3 is 2.68 bits per heavy atom. The first-order valence-electron chi connectivity index (χ1n) is 12.1. The second-order valence-electron chi connectivity index (χ2n) is 8.84. The van der Waals surface area contributed by atoms with Crippen molar-refractivity contribution < 1.29 is 24.2 Å². The van der Waals surface area contributed by atoms with E-state index in [1.54, 1.807) is 19.2 Å². The molecule has 0 atom stereocenters. The summed E-state index contributed by atoms with van der Waals surface area (Å²) < 4.78 is 17.7. The average molecular weight is 498 g/mol. The topological polar surface area (TPSA) is 91.1 Å². The van der Waals surface area contributed by atoms with Crippen LogP contribution in [0.3, 0.4) is 0 Å². The lowest BCUT2D eigenvalue weighted by molar-refractivity contribution is -0.384. The molecule has 4 aromatic carbocycles. The molecule has 0 spiro atoms. The van der Waals surface area contributed by atoms with Crippen molar-refractivity contribution in [2.24, 2.45) is 0 Å². The van der Waals surface area contributed by atoms with Crippen LogP contribution in [-0.2, 0) is 24.4 Å². The highest BCUT2D eigenvalue weighted by Crippen LogP contribution is 2.47. The summed E-state index contributed by atoms with van der Waals surface area (Å²) >= 11 is 0. The Morgan fingerprint density at radius 1 is 1.00 bits per heavy atom. The van der Waals surface area contributed by atoms with Crippen LogP contribution in [0.1, 0.15) is 28.7 Å². The Kier molecular flexibility index (Phi) is 7.16. The van der Waals surface area contributed by atoms with E-state index in [2.05, 4.69) is 18.2 Å². The van der Waals surface area contributed by atoms with Crippen LogP contribution in [0.5, 0.6) is 11.5 Å². The van der Waals surface area contributed by atoms with E-state index in [1.807, 2.05) is 36.4 Å². The summed E-state index contributed by atoms with van der Waals surface area (Å²) in [6.45, 7) is -0.0260.